The Labute approximate surface area is 165 Å². The zero-order chi connectivity index (χ0) is 20.0. The van der Waals surface area contributed by atoms with Crippen molar-refractivity contribution in [3.63, 3.8) is 0 Å². The molecule has 6 nitrogen and oxygen atoms in total. The van der Waals surface area contributed by atoms with Crippen molar-refractivity contribution in [3.8, 4) is 0 Å². The highest BCUT2D eigenvalue weighted by atomic mass is 32.2. The van der Waals surface area contributed by atoms with Crippen LogP contribution < -0.4 is 10.0 Å². The maximum absolute atomic E-state index is 12.6. The van der Waals surface area contributed by atoms with E-state index in [1.165, 1.54) is 31.4 Å². The molecule has 1 heterocycles. The summed E-state index contributed by atoms with van der Waals surface area (Å²) < 4.78 is 32.2. The van der Waals surface area contributed by atoms with E-state index < -0.39 is 10.0 Å². The van der Waals surface area contributed by atoms with E-state index in [1.807, 2.05) is 31.4 Å². The molecule has 0 aliphatic carbocycles. The smallest absolute Gasteiger partial charge is 0.251 e. The lowest BCUT2D eigenvalue weighted by atomic mass is 10.0. The quantitative estimate of drug-likeness (QED) is 0.665. The maximum atomic E-state index is 12.6. The Hall–Kier alpha value is -1.74. The second-order valence-corrected chi connectivity index (χ2v) is 9.41. The SMILES string of the molecule is COC[C@@H](C)NS(=O)(=O)c1ccc(C(=O)N[C@@H](c2cccs2)C(C)C)cc1. The second-order valence-electron chi connectivity index (χ2n) is 6.71. The van der Waals surface area contributed by atoms with Crippen molar-refractivity contribution in [3.05, 3.63) is 52.2 Å². The van der Waals surface area contributed by atoms with E-state index in [9.17, 15) is 13.2 Å². The van der Waals surface area contributed by atoms with Crippen LogP contribution in [0.3, 0.4) is 0 Å². The molecule has 0 aliphatic rings. The van der Waals surface area contributed by atoms with Crippen molar-refractivity contribution in [2.24, 2.45) is 5.92 Å². The molecule has 2 N–H and O–H groups in total. The Morgan fingerprint density at radius 3 is 2.33 bits per heavy atom. The molecule has 0 unspecified atom stereocenters. The van der Waals surface area contributed by atoms with Crippen LogP contribution in [0, 0.1) is 5.92 Å². The lowest BCUT2D eigenvalue weighted by Gasteiger charge is -2.21. The molecule has 0 aliphatic heterocycles. The van der Waals surface area contributed by atoms with Gasteiger partial charge in [-0.3, -0.25) is 4.79 Å². The summed E-state index contributed by atoms with van der Waals surface area (Å²) in [5.74, 6) is 0.00508. The minimum absolute atomic E-state index is 0.0857. The number of ether oxygens (including phenoxy) is 1. The lowest BCUT2D eigenvalue weighted by Crippen LogP contribution is -2.35. The zero-order valence-electron chi connectivity index (χ0n) is 15.9. The van der Waals surface area contributed by atoms with Crippen LogP contribution in [0.1, 0.15) is 42.0 Å². The van der Waals surface area contributed by atoms with Crippen LogP contribution in [0.5, 0.6) is 0 Å². The minimum atomic E-state index is -3.66. The predicted octanol–water partition coefficient (Wildman–Crippen LogP) is 3.19. The summed E-state index contributed by atoms with van der Waals surface area (Å²) in [5.41, 5.74) is 0.418. The van der Waals surface area contributed by atoms with Gasteiger partial charge in [0.15, 0.2) is 0 Å². The highest BCUT2D eigenvalue weighted by Gasteiger charge is 2.21. The van der Waals surface area contributed by atoms with Crippen LogP contribution >= 0.6 is 11.3 Å². The van der Waals surface area contributed by atoms with E-state index in [0.717, 1.165) is 4.88 Å². The summed E-state index contributed by atoms with van der Waals surface area (Å²) in [6.07, 6.45) is 0. The summed E-state index contributed by atoms with van der Waals surface area (Å²) in [4.78, 5) is 13.8. The number of methoxy groups -OCH3 is 1. The van der Waals surface area contributed by atoms with Crippen LogP contribution in [-0.4, -0.2) is 34.1 Å². The number of nitrogens with one attached hydrogen (secondary N) is 2. The average molecular weight is 411 g/mol. The molecule has 8 heteroatoms. The summed E-state index contributed by atoms with van der Waals surface area (Å²) in [7, 11) is -2.14. The first-order valence-corrected chi connectivity index (χ1v) is 11.1. The van der Waals surface area contributed by atoms with E-state index in [-0.39, 0.29) is 35.4 Å². The highest BCUT2D eigenvalue weighted by Crippen LogP contribution is 2.26. The molecule has 0 saturated heterocycles. The second kappa shape index (κ2) is 9.45. The van der Waals surface area contributed by atoms with Gasteiger partial charge in [-0.1, -0.05) is 19.9 Å². The monoisotopic (exact) mass is 410 g/mol. The lowest BCUT2D eigenvalue weighted by molar-refractivity contribution is 0.0926. The number of carbonyl (C=O) groups excluding carboxylic acids is 1. The van der Waals surface area contributed by atoms with Gasteiger partial charge >= 0.3 is 0 Å². The number of benzene rings is 1. The first kappa shape index (κ1) is 21.6. The molecule has 0 bridgehead atoms. The number of hydrogen-bond acceptors (Lipinski definition) is 5. The normalized spacial score (nSPS) is 14.1. The Morgan fingerprint density at radius 1 is 1.15 bits per heavy atom. The van der Waals surface area contributed by atoms with Gasteiger partial charge in [-0.25, -0.2) is 13.1 Å². The van der Waals surface area contributed by atoms with Gasteiger partial charge in [0.05, 0.1) is 17.5 Å². The molecule has 1 aromatic carbocycles. The number of rotatable bonds is 9. The first-order chi connectivity index (χ1) is 12.7. The fourth-order valence-electron chi connectivity index (χ4n) is 2.66. The van der Waals surface area contributed by atoms with Crippen molar-refractivity contribution in [2.75, 3.05) is 13.7 Å². The van der Waals surface area contributed by atoms with Crippen molar-refractivity contribution in [1.82, 2.24) is 10.0 Å². The molecule has 2 aromatic rings. The van der Waals surface area contributed by atoms with Crippen molar-refractivity contribution < 1.29 is 17.9 Å². The van der Waals surface area contributed by atoms with Gasteiger partial charge in [0.25, 0.3) is 5.91 Å². The minimum Gasteiger partial charge on any atom is -0.383 e. The van der Waals surface area contributed by atoms with Crippen molar-refractivity contribution in [2.45, 2.75) is 37.8 Å². The maximum Gasteiger partial charge on any atom is 0.251 e. The third kappa shape index (κ3) is 5.87. The Bertz CT molecular complexity index is 831. The van der Waals surface area contributed by atoms with Crippen LogP contribution in [0.2, 0.25) is 0 Å². The third-order valence-corrected chi connectivity index (χ3v) is 6.56. The molecule has 1 aromatic heterocycles. The third-order valence-electron chi connectivity index (χ3n) is 4.00. The van der Waals surface area contributed by atoms with Crippen LogP contribution in [0.25, 0.3) is 0 Å². The molecule has 0 spiro atoms. The summed E-state index contributed by atoms with van der Waals surface area (Å²) in [5, 5.41) is 5.01. The fraction of sp³-hybridized carbons (Fsp3) is 0.421. The van der Waals surface area contributed by atoms with Crippen LogP contribution in [-0.2, 0) is 14.8 Å². The van der Waals surface area contributed by atoms with Gasteiger partial charge in [0.1, 0.15) is 0 Å². The van der Waals surface area contributed by atoms with Crippen molar-refractivity contribution >= 4 is 27.3 Å². The molecule has 2 atom stereocenters. The van der Waals surface area contributed by atoms with Crippen LogP contribution in [0.4, 0.5) is 0 Å². The molecule has 1 amide bonds. The largest absolute Gasteiger partial charge is 0.383 e. The number of hydrogen-bond donors (Lipinski definition) is 2. The van der Waals surface area contributed by atoms with Gasteiger partial charge in [0, 0.05) is 23.6 Å². The van der Waals surface area contributed by atoms with E-state index in [2.05, 4.69) is 10.0 Å². The molecule has 148 valence electrons. The summed E-state index contributed by atoms with van der Waals surface area (Å²) >= 11 is 1.60. The molecule has 2 rings (SSSR count). The standard InChI is InChI=1S/C19H26N2O4S2/c1-13(2)18(17-6-5-11-26-17)20-19(22)15-7-9-16(10-8-15)27(23,24)21-14(3)12-25-4/h5-11,13-14,18,21H,12H2,1-4H3,(H,20,22)/t14-,18-/m1/s1. The van der Waals surface area contributed by atoms with E-state index >= 15 is 0 Å². The van der Waals surface area contributed by atoms with Crippen LogP contribution in [0.15, 0.2) is 46.7 Å². The van der Waals surface area contributed by atoms with E-state index in [1.54, 1.807) is 18.3 Å². The molecular formula is C19H26N2O4S2. The number of amides is 1. The number of carbonyl (C=O) groups is 1. The molecule has 0 saturated carbocycles. The summed E-state index contributed by atoms with van der Waals surface area (Å²) in [6.45, 7) is 6.10. The van der Waals surface area contributed by atoms with E-state index in [4.69, 9.17) is 4.74 Å². The number of thiophene rings is 1. The van der Waals surface area contributed by atoms with Gasteiger partial charge in [-0.15, -0.1) is 11.3 Å². The van der Waals surface area contributed by atoms with Crippen molar-refractivity contribution in [1.29, 1.82) is 0 Å². The van der Waals surface area contributed by atoms with Gasteiger partial charge in [-0.2, -0.15) is 0 Å². The zero-order valence-corrected chi connectivity index (χ0v) is 17.6. The topological polar surface area (TPSA) is 84.5 Å². The molecule has 0 fully saturated rings. The molecular weight excluding hydrogens is 384 g/mol. The fourth-order valence-corrected chi connectivity index (χ4v) is 4.84. The molecule has 27 heavy (non-hydrogen) atoms. The van der Waals surface area contributed by atoms with Gasteiger partial charge < -0.3 is 10.1 Å². The highest BCUT2D eigenvalue weighted by molar-refractivity contribution is 7.89. The Balaban J connectivity index is 2.11. The molecule has 0 radical (unpaired) electrons. The first-order valence-electron chi connectivity index (χ1n) is 8.70. The van der Waals surface area contributed by atoms with Gasteiger partial charge in [-0.05, 0) is 48.6 Å². The van der Waals surface area contributed by atoms with Gasteiger partial charge in [0.2, 0.25) is 10.0 Å². The number of sulfonamides is 1. The summed E-state index contributed by atoms with van der Waals surface area (Å²) in [6, 6.07) is 9.45. The Kier molecular flexibility index (Phi) is 7.55. The predicted molar refractivity (Wildman–Crippen MR) is 107 cm³/mol. The van der Waals surface area contributed by atoms with E-state index in [0.29, 0.717) is 5.56 Å². The Morgan fingerprint density at radius 2 is 1.81 bits per heavy atom. The average Bonchev–Trinajstić information content (AvgIpc) is 3.13.